The molecular formula is C14H30N2. The van der Waals surface area contributed by atoms with E-state index in [4.69, 9.17) is 0 Å². The maximum absolute atomic E-state index is 3.60. The third-order valence-electron chi connectivity index (χ3n) is 3.36. The van der Waals surface area contributed by atoms with Gasteiger partial charge in [0.1, 0.15) is 0 Å². The number of nitrogens with one attached hydrogen (secondary N) is 2. The second-order valence-corrected chi connectivity index (χ2v) is 5.23. The zero-order valence-electron chi connectivity index (χ0n) is 11.2. The van der Waals surface area contributed by atoms with Gasteiger partial charge >= 0.3 is 0 Å². The van der Waals surface area contributed by atoms with Crippen molar-refractivity contribution in [1.82, 2.24) is 10.6 Å². The van der Waals surface area contributed by atoms with Crippen molar-refractivity contribution in [1.29, 1.82) is 0 Å². The van der Waals surface area contributed by atoms with Crippen LogP contribution in [0, 0.1) is 5.92 Å². The van der Waals surface area contributed by atoms with Crippen LogP contribution in [0.2, 0.25) is 0 Å². The third-order valence-corrected chi connectivity index (χ3v) is 3.36. The lowest BCUT2D eigenvalue weighted by atomic mass is 9.98. The molecule has 0 spiro atoms. The molecule has 2 nitrogen and oxygen atoms in total. The molecule has 2 N–H and O–H groups in total. The lowest BCUT2D eigenvalue weighted by molar-refractivity contribution is 0.399. The minimum Gasteiger partial charge on any atom is -0.316 e. The largest absolute Gasteiger partial charge is 0.316 e. The number of rotatable bonds is 11. The highest BCUT2D eigenvalue weighted by Gasteiger charge is 2.19. The lowest BCUT2D eigenvalue weighted by Gasteiger charge is -2.16. The Hall–Kier alpha value is -0.0800. The first-order chi connectivity index (χ1) is 7.86. The summed E-state index contributed by atoms with van der Waals surface area (Å²) in [6.07, 6.45) is 9.54. The summed E-state index contributed by atoms with van der Waals surface area (Å²) in [7, 11) is 0. The van der Waals surface area contributed by atoms with E-state index in [0.29, 0.717) is 0 Å². The van der Waals surface area contributed by atoms with Gasteiger partial charge in [-0.3, -0.25) is 0 Å². The van der Waals surface area contributed by atoms with Crippen molar-refractivity contribution in [2.75, 3.05) is 19.6 Å². The van der Waals surface area contributed by atoms with Crippen molar-refractivity contribution in [3.05, 3.63) is 0 Å². The van der Waals surface area contributed by atoms with Crippen LogP contribution in [0.3, 0.4) is 0 Å². The molecule has 0 radical (unpaired) electrons. The van der Waals surface area contributed by atoms with E-state index in [2.05, 4.69) is 24.5 Å². The van der Waals surface area contributed by atoms with Crippen LogP contribution in [-0.2, 0) is 0 Å². The summed E-state index contributed by atoms with van der Waals surface area (Å²) in [6, 6.07) is 0.878. The van der Waals surface area contributed by atoms with E-state index in [1.807, 2.05) is 0 Å². The first kappa shape index (κ1) is 14.0. The van der Waals surface area contributed by atoms with Crippen molar-refractivity contribution < 1.29 is 0 Å². The fourth-order valence-electron chi connectivity index (χ4n) is 2.22. The van der Waals surface area contributed by atoms with E-state index >= 15 is 0 Å². The average molecular weight is 226 g/mol. The van der Waals surface area contributed by atoms with Crippen molar-refractivity contribution in [2.24, 2.45) is 5.92 Å². The Morgan fingerprint density at radius 1 is 1.06 bits per heavy atom. The highest BCUT2D eigenvalue weighted by molar-refractivity contribution is 4.80. The second-order valence-electron chi connectivity index (χ2n) is 5.23. The van der Waals surface area contributed by atoms with E-state index < -0.39 is 0 Å². The Labute approximate surface area is 102 Å². The normalized spacial score (nSPS) is 17.6. The molecule has 1 rings (SSSR count). The van der Waals surface area contributed by atoms with Gasteiger partial charge in [0.05, 0.1) is 0 Å². The van der Waals surface area contributed by atoms with Crippen molar-refractivity contribution in [3.63, 3.8) is 0 Å². The van der Waals surface area contributed by atoms with Crippen LogP contribution in [-0.4, -0.2) is 25.7 Å². The summed E-state index contributed by atoms with van der Waals surface area (Å²) in [5.41, 5.74) is 0. The highest BCUT2D eigenvalue weighted by Crippen LogP contribution is 2.19. The average Bonchev–Trinajstić information content (AvgIpc) is 3.08. The molecule has 96 valence electrons. The summed E-state index contributed by atoms with van der Waals surface area (Å²) in [5.74, 6) is 0.901. The van der Waals surface area contributed by atoms with Gasteiger partial charge in [-0.15, -0.1) is 0 Å². The van der Waals surface area contributed by atoms with Crippen LogP contribution in [0.1, 0.15) is 58.8 Å². The predicted molar refractivity (Wildman–Crippen MR) is 71.8 cm³/mol. The second kappa shape index (κ2) is 9.00. The summed E-state index contributed by atoms with van der Waals surface area (Å²) in [4.78, 5) is 0. The fraction of sp³-hybridized carbons (Fsp3) is 1.00. The van der Waals surface area contributed by atoms with Gasteiger partial charge in [0, 0.05) is 6.04 Å². The minimum atomic E-state index is 0.878. The van der Waals surface area contributed by atoms with Gasteiger partial charge in [0.25, 0.3) is 0 Å². The summed E-state index contributed by atoms with van der Waals surface area (Å²) < 4.78 is 0. The van der Waals surface area contributed by atoms with Crippen molar-refractivity contribution in [3.8, 4) is 0 Å². The fourth-order valence-corrected chi connectivity index (χ4v) is 2.22. The maximum Gasteiger partial charge on any atom is 0.00682 e. The molecule has 2 heteroatoms. The monoisotopic (exact) mass is 226 g/mol. The summed E-state index contributed by atoms with van der Waals surface area (Å²) in [5, 5.41) is 7.16. The number of hydrogen-bond donors (Lipinski definition) is 2. The molecule has 0 amide bonds. The zero-order chi connectivity index (χ0) is 11.6. The summed E-state index contributed by atoms with van der Waals surface area (Å²) in [6.45, 7) is 8.18. The molecule has 0 aromatic rings. The third kappa shape index (κ3) is 7.24. The molecule has 1 saturated carbocycles. The molecule has 16 heavy (non-hydrogen) atoms. The molecule has 0 saturated heterocycles. The summed E-state index contributed by atoms with van der Waals surface area (Å²) >= 11 is 0. The molecule has 1 unspecified atom stereocenters. The van der Waals surface area contributed by atoms with Gasteiger partial charge < -0.3 is 10.6 Å². The predicted octanol–water partition coefficient (Wildman–Crippen LogP) is 2.93. The van der Waals surface area contributed by atoms with Gasteiger partial charge in [-0.05, 0) is 64.1 Å². The first-order valence-corrected chi connectivity index (χ1v) is 7.30. The van der Waals surface area contributed by atoms with E-state index in [1.165, 1.54) is 64.6 Å². The van der Waals surface area contributed by atoms with Crippen LogP contribution in [0.25, 0.3) is 0 Å². The van der Waals surface area contributed by atoms with E-state index in [9.17, 15) is 0 Å². The Kier molecular flexibility index (Phi) is 7.87. The molecule has 0 heterocycles. The van der Waals surface area contributed by atoms with Gasteiger partial charge in [0.15, 0.2) is 0 Å². The molecule has 0 aromatic heterocycles. The van der Waals surface area contributed by atoms with Crippen LogP contribution >= 0.6 is 0 Å². The van der Waals surface area contributed by atoms with Crippen LogP contribution in [0.4, 0.5) is 0 Å². The minimum absolute atomic E-state index is 0.878. The van der Waals surface area contributed by atoms with Crippen LogP contribution in [0.5, 0.6) is 0 Å². The van der Waals surface area contributed by atoms with Gasteiger partial charge in [0.2, 0.25) is 0 Å². The SMILES string of the molecule is CCCNCC(CCC)CCCNC1CC1. The zero-order valence-corrected chi connectivity index (χ0v) is 11.2. The smallest absolute Gasteiger partial charge is 0.00682 e. The maximum atomic E-state index is 3.60. The molecule has 1 atom stereocenters. The molecule has 0 aliphatic heterocycles. The van der Waals surface area contributed by atoms with Crippen molar-refractivity contribution >= 4 is 0 Å². The lowest BCUT2D eigenvalue weighted by Crippen LogP contribution is -2.25. The first-order valence-electron chi connectivity index (χ1n) is 7.30. The Morgan fingerprint density at radius 3 is 2.50 bits per heavy atom. The molecule has 1 aliphatic carbocycles. The molecule has 1 fully saturated rings. The van der Waals surface area contributed by atoms with Crippen LogP contribution in [0.15, 0.2) is 0 Å². The van der Waals surface area contributed by atoms with E-state index in [-0.39, 0.29) is 0 Å². The molecule has 1 aliphatic rings. The van der Waals surface area contributed by atoms with Crippen LogP contribution < -0.4 is 10.6 Å². The Balaban J connectivity index is 1.96. The molecule has 0 bridgehead atoms. The molecule has 0 aromatic carbocycles. The van der Waals surface area contributed by atoms with Gasteiger partial charge in [-0.1, -0.05) is 20.3 Å². The van der Waals surface area contributed by atoms with E-state index in [1.54, 1.807) is 0 Å². The standard InChI is InChI=1S/C14H30N2/c1-3-6-13(12-15-10-4-2)7-5-11-16-14-8-9-14/h13-16H,3-12H2,1-2H3. The molecular weight excluding hydrogens is 196 g/mol. The topological polar surface area (TPSA) is 24.1 Å². The van der Waals surface area contributed by atoms with E-state index in [0.717, 1.165) is 12.0 Å². The van der Waals surface area contributed by atoms with Crippen molar-refractivity contribution in [2.45, 2.75) is 64.8 Å². The highest BCUT2D eigenvalue weighted by atomic mass is 14.9. The Morgan fingerprint density at radius 2 is 1.88 bits per heavy atom. The van der Waals surface area contributed by atoms with Gasteiger partial charge in [-0.2, -0.15) is 0 Å². The van der Waals surface area contributed by atoms with Gasteiger partial charge in [-0.25, -0.2) is 0 Å². The Bertz CT molecular complexity index is 155. The quantitative estimate of drug-likeness (QED) is 0.529. The number of hydrogen-bond acceptors (Lipinski definition) is 2.